The van der Waals surface area contributed by atoms with Crippen LogP contribution in [-0.4, -0.2) is 62.3 Å². The average molecular weight is 655 g/mol. The Morgan fingerprint density at radius 3 is 1.52 bits per heavy atom. The van der Waals surface area contributed by atoms with Crippen molar-refractivity contribution >= 4 is 5.57 Å². The number of allylic oxidation sites excluding steroid dienone is 1. The minimum Gasteiger partial charge on any atom is -0.494 e. The van der Waals surface area contributed by atoms with E-state index in [4.69, 9.17) is 9.47 Å². The van der Waals surface area contributed by atoms with Crippen LogP contribution in [-0.2, 0) is 0 Å². The molecule has 4 aliphatic rings. The van der Waals surface area contributed by atoms with Crippen molar-refractivity contribution in [2.45, 2.75) is 117 Å². The van der Waals surface area contributed by atoms with Crippen LogP contribution < -0.4 is 9.47 Å². The predicted molar refractivity (Wildman–Crippen MR) is 202 cm³/mol. The van der Waals surface area contributed by atoms with Gasteiger partial charge < -0.3 is 19.3 Å². The highest BCUT2D eigenvalue weighted by Crippen LogP contribution is 2.51. The highest BCUT2D eigenvalue weighted by molar-refractivity contribution is 5.83. The highest BCUT2D eigenvalue weighted by Gasteiger charge is 2.38. The molecule has 0 amide bonds. The molecule has 4 unspecified atom stereocenters. The average Bonchev–Trinajstić information content (AvgIpc) is 3.52. The Hall–Kier alpha value is -2.30. The number of ether oxygens (including phenoxy) is 2. The number of benzene rings is 2. The first-order valence-electron chi connectivity index (χ1n) is 20.3. The second kappa shape index (κ2) is 18.6. The van der Waals surface area contributed by atoms with Gasteiger partial charge in [0.2, 0.25) is 0 Å². The molecule has 2 heterocycles. The molecule has 4 heteroatoms. The lowest BCUT2D eigenvalue weighted by atomic mass is 9.61. The maximum atomic E-state index is 6.26. The third kappa shape index (κ3) is 10.4. The van der Waals surface area contributed by atoms with Crippen molar-refractivity contribution in [3.8, 4) is 11.5 Å². The van der Waals surface area contributed by atoms with E-state index < -0.39 is 0 Å². The van der Waals surface area contributed by atoms with Gasteiger partial charge in [-0.05, 0) is 181 Å². The van der Waals surface area contributed by atoms with Crippen molar-refractivity contribution in [1.29, 1.82) is 0 Å². The maximum Gasteiger partial charge on any atom is 0.119 e. The number of unbranched alkanes of at least 4 members (excludes halogenated alkanes) is 2. The smallest absolute Gasteiger partial charge is 0.119 e. The Labute approximate surface area is 293 Å². The number of hydrogen-bond donors (Lipinski definition) is 0. The molecule has 264 valence electrons. The summed E-state index contributed by atoms with van der Waals surface area (Å²) in [5.41, 5.74) is 5.84. The van der Waals surface area contributed by atoms with Gasteiger partial charge in [-0.1, -0.05) is 69.4 Å². The SMILES string of the molecule is CC1CC2CC(C)C(=C(c3ccc(OCCCCN4CCCCCC4)cc3)c3ccc(OCCCCN4CCCCCC4)cc3)C(C1)C2. The van der Waals surface area contributed by atoms with Crippen LogP contribution in [0.2, 0.25) is 0 Å². The zero-order valence-corrected chi connectivity index (χ0v) is 30.6. The number of rotatable bonds is 14. The van der Waals surface area contributed by atoms with Crippen LogP contribution in [0.1, 0.15) is 128 Å². The van der Waals surface area contributed by atoms with E-state index in [1.165, 1.54) is 146 Å². The third-order valence-electron chi connectivity index (χ3n) is 11.9. The minimum atomic E-state index is 0.622. The van der Waals surface area contributed by atoms with Gasteiger partial charge in [0, 0.05) is 0 Å². The van der Waals surface area contributed by atoms with Gasteiger partial charge in [-0.2, -0.15) is 0 Å². The highest BCUT2D eigenvalue weighted by atomic mass is 16.5. The molecule has 4 fully saturated rings. The lowest BCUT2D eigenvalue weighted by Gasteiger charge is -2.44. The summed E-state index contributed by atoms with van der Waals surface area (Å²) in [4.78, 5) is 5.32. The summed E-state index contributed by atoms with van der Waals surface area (Å²) in [5.74, 6) is 5.03. The maximum absolute atomic E-state index is 6.26. The van der Waals surface area contributed by atoms with Crippen molar-refractivity contribution in [3.05, 3.63) is 65.2 Å². The van der Waals surface area contributed by atoms with Crippen LogP contribution in [0.25, 0.3) is 5.57 Å². The van der Waals surface area contributed by atoms with Gasteiger partial charge in [0.05, 0.1) is 13.2 Å². The molecule has 0 aromatic heterocycles. The van der Waals surface area contributed by atoms with Gasteiger partial charge in [-0.25, -0.2) is 0 Å². The van der Waals surface area contributed by atoms with Crippen LogP contribution >= 0.6 is 0 Å². The van der Waals surface area contributed by atoms with Crippen molar-refractivity contribution in [2.24, 2.45) is 23.7 Å². The van der Waals surface area contributed by atoms with Crippen molar-refractivity contribution < 1.29 is 9.47 Å². The lowest BCUT2D eigenvalue weighted by Crippen LogP contribution is -2.32. The molecule has 2 bridgehead atoms. The molecule has 2 saturated carbocycles. The van der Waals surface area contributed by atoms with Gasteiger partial charge in [0.15, 0.2) is 0 Å². The van der Waals surface area contributed by atoms with Crippen LogP contribution in [0.15, 0.2) is 54.1 Å². The molecule has 4 nitrogen and oxygen atoms in total. The Morgan fingerprint density at radius 1 is 0.562 bits per heavy atom. The van der Waals surface area contributed by atoms with Gasteiger partial charge in [-0.3, -0.25) is 0 Å². The Kier molecular flexibility index (Phi) is 13.8. The zero-order chi connectivity index (χ0) is 33.0. The summed E-state index contributed by atoms with van der Waals surface area (Å²) in [7, 11) is 0. The summed E-state index contributed by atoms with van der Waals surface area (Å²) in [5, 5.41) is 0. The van der Waals surface area contributed by atoms with Crippen molar-refractivity contribution in [2.75, 3.05) is 52.5 Å². The molecule has 0 spiro atoms. The molecule has 2 saturated heterocycles. The number of nitrogens with zero attached hydrogens (tertiary/aromatic N) is 2. The first-order chi connectivity index (χ1) is 23.6. The molecule has 2 aliphatic carbocycles. The van der Waals surface area contributed by atoms with Crippen molar-refractivity contribution in [3.63, 3.8) is 0 Å². The first-order valence-corrected chi connectivity index (χ1v) is 20.3. The van der Waals surface area contributed by atoms with E-state index in [9.17, 15) is 0 Å². The second-order valence-electron chi connectivity index (χ2n) is 16.0. The fourth-order valence-corrected chi connectivity index (χ4v) is 9.58. The fourth-order valence-electron chi connectivity index (χ4n) is 9.58. The zero-order valence-electron chi connectivity index (χ0n) is 30.6. The summed E-state index contributed by atoms with van der Waals surface area (Å²) >= 11 is 0. The minimum absolute atomic E-state index is 0.622. The molecule has 4 atom stereocenters. The number of hydrogen-bond acceptors (Lipinski definition) is 4. The van der Waals surface area contributed by atoms with Crippen molar-refractivity contribution in [1.82, 2.24) is 9.80 Å². The predicted octanol–water partition coefficient (Wildman–Crippen LogP) is 10.7. The quantitative estimate of drug-likeness (QED) is 0.189. The monoisotopic (exact) mass is 655 g/mol. The van der Waals surface area contributed by atoms with Gasteiger partial charge in [-0.15, -0.1) is 0 Å². The number of likely N-dealkylation sites (tertiary alicyclic amines) is 2. The van der Waals surface area contributed by atoms with E-state index >= 15 is 0 Å². The Balaban J connectivity index is 1.08. The molecule has 6 rings (SSSR count). The summed E-state index contributed by atoms with van der Waals surface area (Å²) in [6.07, 6.45) is 21.3. The number of fused-ring (bicyclic) bond motifs is 2. The van der Waals surface area contributed by atoms with Crippen LogP contribution in [0.3, 0.4) is 0 Å². The largest absolute Gasteiger partial charge is 0.494 e. The topological polar surface area (TPSA) is 24.9 Å². The normalized spacial score (nSPS) is 25.7. The second-order valence-corrected chi connectivity index (χ2v) is 16.0. The molecule has 48 heavy (non-hydrogen) atoms. The van der Waals surface area contributed by atoms with E-state index in [0.29, 0.717) is 11.8 Å². The lowest BCUT2D eigenvalue weighted by molar-refractivity contribution is 0.163. The van der Waals surface area contributed by atoms with Crippen LogP contribution in [0.4, 0.5) is 0 Å². The summed E-state index contributed by atoms with van der Waals surface area (Å²) in [6.45, 7) is 14.2. The fraction of sp³-hybridized carbons (Fsp3) is 0.682. The first kappa shape index (κ1) is 35.5. The standard InChI is InChI=1S/C44H66N2O2/c1-35-31-37-33-36(2)43(40(32-35)34-37)44(38-15-19-41(20-16-38)47-29-13-11-27-45-23-7-3-4-8-24-45)39-17-21-42(22-18-39)48-30-14-12-28-46-25-9-5-6-10-26-46/h15-22,35-37,40H,3-14,23-34H2,1-2H3. The molecule has 0 N–H and O–H groups in total. The third-order valence-corrected chi connectivity index (χ3v) is 11.9. The Morgan fingerprint density at radius 2 is 1.04 bits per heavy atom. The molecule has 0 radical (unpaired) electrons. The van der Waals surface area contributed by atoms with Gasteiger partial charge >= 0.3 is 0 Å². The molecule has 2 aromatic carbocycles. The molecular weight excluding hydrogens is 588 g/mol. The van der Waals surface area contributed by atoms with E-state index in [1.54, 1.807) is 5.57 Å². The van der Waals surface area contributed by atoms with Crippen LogP contribution in [0, 0.1) is 23.7 Å². The van der Waals surface area contributed by atoms with E-state index in [2.05, 4.69) is 72.2 Å². The molecule has 2 aliphatic heterocycles. The molecular formula is C44H66N2O2. The molecule has 2 aromatic rings. The van der Waals surface area contributed by atoms with E-state index in [0.717, 1.165) is 49.4 Å². The van der Waals surface area contributed by atoms with E-state index in [1.807, 2.05) is 0 Å². The van der Waals surface area contributed by atoms with E-state index in [-0.39, 0.29) is 0 Å². The van der Waals surface area contributed by atoms with Gasteiger partial charge in [0.25, 0.3) is 0 Å². The van der Waals surface area contributed by atoms with Gasteiger partial charge in [0.1, 0.15) is 11.5 Å². The Bertz CT molecular complexity index is 1160. The summed E-state index contributed by atoms with van der Waals surface area (Å²) in [6, 6.07) is 18.2. The van der Waals surface area contributed by atoms with Crippen LogP contribution in [0.5, 0.6) is 11.5 Å². The summed E-state index contributed by atoms with van der Waals surface area (Å²) < 4.78 is 12.5.